The summed E-state index contributed by atoms with van der Waals surface area (Å²) in [6.07, 6.45) is 2.83. The molecule has 4 rings (SSSR count). The molecule has 132 valence electrons. The number of hydrogen-bond donors (Lipinski definition) is 1. The molecule has 26 heavy (non-hydrogen) atoms. The molecular weight excluding hydrogens is 342 g/mol. The van der Waals surface area contributed by atoms with Crippen molar-refractivity contribution in [2.45, 2.75) is 25.4 Å². The van der Waals surface area contributed by atoms with Crippen LogP contribution in [0.5, 0.6) is 0 Å². The van der Waals surface area contributed by atoms with Gasteiger partial charge in [0.1, 0.15) is 17.6 Å². The van der Waals surface area contributed by atoms with Gasteiger partial charge in [-0.05, 0) is 42.9 Å². The van der Waals surface area contributed by atoms with E-state index < -0.39 is 0 Å². The maximum Gasteiger partial charge on any atom is 0.170 e. The molecule has 1 N–H and O–H groups in total. The van der Waals surface area contributed by atoms with Crippen molar-refractivity contribution in [2.75, 3.05) is 6.54 Å². The van der Waals surface area contributed by atoms with E-state index in [1.54, 1.807) is 0 Å². The lowest BCUT2D eigenvalue weighted by Crippen LogP contribution is -2.30. The van der Waals surface area contributed by atoms with Gasteiger partial charge in [-0.25, -0.2) is 0 Å². The van der Waals surface area contributed by atoms with Crippen LogP contribution in [0.3, 0.4) is 0 Å². The number of hydrogen-bond acceptors (Lipinski definition) is 3. The van der Waals surface area contributed by atoms with Crippen molar-refractivity contribution >= 4 is 17.3 Å². The summed E-state index contributed by atoms with van der Waals surface area (Å²) in [4.78, 5) is 6.75. The molecule has 1 saturated heterocycles. The van der Waals surface area contributed by atoms with Crippen LogP contribution in [0.15, 0.2) is 71.3 Å². The van der Waals surface area contributed by atoms with E-state index in [0.717, 1.165) is 40.9 Å². The monoisotopic (exact) mass is 363 g/mol. The average Bonchev–Trinajstić information content (AvgIpc) is 3.29. The Morgan fingerprint density at radius 1 is 1.08 bits per heavy atom. The summed E-state index contributed by atoms with van der Waals surface area (Å²) < 4.78 is 6.26. The Bertz CT molecular complexity index is 879. The lowest BCUT2D eigenvalue weighted by molar-refractivity contribution is 0.275. The standard InChI is InChI=1S/C21H21N3OS/c1-2-14-24-20(19(23-21(24)26)16-10-6-7-13-22-16)18-12-11-17(25-18)15-8-4-3-5-9-15/h3-13,19-20H,2,14H2,1H3,(H,23,26)/t19-,20-/m0/s1. The molecule has 1 aromatic carbocycles. The molecule has 0 bridgehead atoms. The zero-order chi connectivity index (χ0) is 17.9. The van der Waals surface area contributed by atoms with Gasteiger partial charge in [-0.1, -0.05) is 43.3 Å². The number of aromatic nitrogens is 1. The van der Waals surface area contributed by atoms with Gasteiger partial charge < -0.3 is 14.6 Å². The van der Waals surface area contributed by atoms with Crippen LogP contribution in [0.25, 0.3) is 11.3 Å². The third-order valence-electron chi connectivity index (χ3n) is 4.64. The van der Waals surface area contributed by atoms with E-state index >= 15 is 0 Å². The van der Waals surface area contributed by atoms with Crippen LogP contribution in [0.4, 0.5) is 0 Å². The van der Waals surface area contributed by atoms with E-state index in [1.807, 2.05) is 48.7 Å². The minimum absolute atomic E-state index is 0.00480. The van der Waals surface area contributed by atoms with Crippen molar-refractivity contribution in [1.82, 2.24) is 15.2 Å². The van der Waals surface area contributed by atoms with E-state index in [9.17, 15) is 0 Å². The van der Waals surface area contributed by atoms with Gasteiger partial charge in [0, 0.05) is 18.3 Å². The van der Waals surface area contributed by atoms with Gasteiger partial charge >= 0.3 is 0 Å². The second-order valence-corrected chi connectivity index (χ2v) is 6.77. The summed E-state index contributed by atoms with van der Waals surface area (Å²) in [7, 11) is 0. The minimum Gasteiger partial charge on any atom is -0.459 e. The van der Waals surface area contributed by atoms with Crippen molar-refractivity contribution in [3.63, 3.8) is 0 Å². The molecule has 1 aliphatic heterocycles. The average molecular weight is 363 g/mol. The number of furan rings is 1. The Morgan fingerprint density at radius 3 is 2.62 bits per heavy atom. The van der Waals surface area contributed by atoms with Crippen LogP contribution in [-0.2, 0) is 0 Å². The molecule has 2 aromatic heterocycles. The lowest BCUT2D eigenvalue weighted by atomic mass is 10.0. The topological polar surface area (TPSA) is 41.3 Å². The maximum absolute atomic E-state index is 6.26. The Balaban J connectivity index is 1.72. The van der Waals surface area contributed by atoms with Crippen LogP contribution in [0, 0.1) is 0 Å². The predicted octanol–water partition coefficient (Wildman–Crippen LogP) is 4.72. The first-order chi connectivity index (χ1) is 12.8. The molecule has 5 heteroatoms. The third-order valence-corrected chi connectivity index (χ3v) is 4.99. The normalized spacial score (nSPS) is 19.6. The number of pyridine rings is 1. The predicted molar refractivity (Wildman–Crippen MR) is 107 cm³/mol. The zero-order valence-corrected chi connectivity index (χ0v) is 15.4. The molecular formula is C21H21N3OS. The highest BCUT2D eigenvalue weighted by atomic mass is 32.1. The first-order valence-electron chi connectivity index (χ1n) is 8.91. The molecule has 0 aliphatic carbocycles. The zero-order valence-electron chi connectivity index (χ0n) is 14.6. The fourth-order valence-corrected chi connectivity index (χ4v) is 3.80. The number of thiocarbonyl (C=S) groups is 1. The molecule has 1 fully saturated rings. The molecule has 0 saturated carbocycles. The van der Waals surface area contributed by atoms with Crippen molar-refractivity contribution in [1.29, 1.82) is 0 Å². The molecule has 0 spiro atoms. The summed E-state index contributed by atoms with van der Waals surface area (Å²) in [5, 5.41) is 4.19. The third kappa shape index (κ3) is 3.10. The molecule has 0 amide bonds. The molecule has 0 radical (unpaired) electrons. The Labute approximate surface area is 158 Å². The van der Waals surface area contributed by atoms with E-state index in [1.165, 1.54) is 0 Å². The molecule has 2 atom stereocenters. The molecule has 3 aromatic rings. The largest absolute Gasteiger partial charge is 0.459 e. The van der Waals surface area contributed by atoms with Gasteiger partial charge in [0.05, 0.1) is 11.7 Å². The number of nitrogens with zero attached hydrogens (tertiary/aromatic N) is 2. The van der Waals surface area contributed by atoms with Crippen LogP contribution < -0.4 is 5.32 Å². The minimum atomic E-state index is -0.0231. The SMILES string of the molecule is CCCN1C(=S)N[C@@H](c2ccccn2)[C@@H]1c1ccc(-c2ccccc2)o1. The van der Waals surface area contributed by atoms with E-state index in [4.69, 9.17) is 16.6 Å². The first-order valence-corrected chi connectivity index (χ1v) is 9.32. The van der Waals surface area contributed by atoms with Gasteiger partial charge in [0.25, 0.3) is 0 Å². The molecule has 4 nitrogen and oxygen atoms in total. The highest BCUT2D eigenvalue weighted by molar-refractivity contribution is 7.80. The number of benzene rings is 1. The van der Waals surface area contributed by atoms with Crippen LogP contribution in [0.1, 0.15) is 36.9 Å². The van der Waals surface area contributed by atoms with Crippen LogP contribution in [0.2, 0.25) is 0 Å². The smallest absolute Gasteiger partial charge is 0.170 e. The first kappa shape index (κ1) is 16.8. The number of rotatable bonds is 5. The fraction of sp³-hybridized carbons (Fsp3) is 0.238. The van der Waals surface area contributed by atoms with Gasteiger partial charge in [-0.3, -0.25) is 4.98 Å². The van der Waals surface area contributed by atoms with Gasteiger partial charge in [0.2, 0.25) is 0 Å². The summed E-state index contributed by atoms with van der Waals surface area (Å²) in [6.45, 7) is 3.03. The van der Waals surface area contributed by atoms with Crippen molar-refractivity contribution in [2.24, 2.45) is 0 Å². The molecule has 0 unspecified atom stereocenters. The summed E-state index contributed by atoms with van der Waals surface area (Å²) in [5.41, 5.74) is 2.04. The fourth-order valence-electron chi connectivity index (χ4n) is 3.47. The summed E-state index contributed by atoms with van der Waals surface area (Å²) in [5.74, 6) is 1.77. The second-order valence-electron chi connectivity index (χ2n) is 6.39. The van der Waals surface area contributed by atoms with Crippen LogP contribution >= 0.6 is 12.2 Å². The molecule has 1 aliphatic rings. The van der Waals surface area contributed by atoms with E-state index in [-0.39, 0.29) is 12.1 Å². The summed E-state index contributed by atoms with van der Waals surface area (Å²) >= 11 is 5.61. The Morgan fingerprint density at radius 2 is 1.88 bits per heavy atom. The Hall–Kier alpha value is -2.66. The van der Waals surface area contributed by atoms with Gasteiger partial charge in [-0.2, -0.15) is 0 Å². The quantitative estimate of drug-likeness (QED) is 0.664. The second kappa shape index (κ2) is 7.30. The van der Waals surface area contributed by atoms with Crippen molar-refractivity contribution in [3.8, 4) is 11.3 Å². The lowest BCUT2D eigenvalue weighted by Gasteiger charge is -2.25. The highest BCUT2D eigenvalue weighted by Gasteiger charge is 2.41. The molecule has 3 heterocycles. The summed E-state index contributed by atoms with van der Waals surface area (Å²) in [6, 6.07) is 20.2. The van der Waals surface area contributed by atoms with Crippen molar-refractivity contribution < 1.29 is 4.42 Å². The van der Waals surface area contributed by atoms with Crippen LogP contribution in [-0.4, -0.2) is 21.5 Å². The maximum atomic E-state index is 6.26. The van der Waals surface area contributed by atoms with Gasteiger partial charge in [-0.15, -0.1) is 0 Å². The Kier molecular flexibility index (Phi) is 4.71. The number of nitrogens with one attached hydrogen (secondary N) is 1. The van der Waals surface area contributed by atoms with Gasteiger partial charge in [0.15, 0.2) is 5.11 Å². The highest BCUT2D eigenvalue weighted by Crippen LogP contribution is 2.40. The van der Waals surface area contributed by atoms with E-state index in [2.05, 4.69) is 40.3 Å². The van der Waals surface area contributed by atoms with E-state index in [0.29, 0.717) is 0 Å². The van der Waals surface area contributed by atoms with Crippen molar-refractivity contribution in [3.05, 3.63) is 78.3 Å².